The molecule has 0 aliphatic carbocycles. The van der Waals surface area contributed by atoms with E-state index in [9.17, 15) is 9.59 Å². The largest absolute Gasteiger partial charge is 0.325 e. The number of carbonyl (C=O) groups is 2. The van der Waals surface area contributed by atoms with E-state index in [2.05, 4.69) is 13.8 Å². The average Bonchev–Trinajstić information content (AvgIpc) is 2.70. The number of amides is 2. The number of imide groups is 1. The third kappa shape index (κ3) is 2.84. The summed E-state index contributed by atoms with van der Waals surface area (Å²) in [5.74, 6) is -0.0641. The van der Waals surface area contributed by atoms with Crippen LogP contribution in [-0.2, 0) is 16.1 Å². The Morgan fingerprint density at radius 2 is 1.79 bits per heavy atom. The lowest BCUT2D eigenvalue weighted by Crippen LogP contribution is -3.16. The van der Waals surface area contributed by atoms with Gasteiger partial charge < -0.3 is 4.90 Å². The Morgan fingerprint density at radius 3 is 2.37 bits per heavy atom. The molecular formula is C15H21N2O2+. The minimum absolute atomic E-state index is 0.0208. The molecule has 1 saturated heterocycles. The molecule has 0 saturated carbocycles. The summed E-state index contributed by atoms with van der Waals surface area (Å²) in [4.78, 5) is 27.0. The van der Waals surface area contributed by atoms with Gasteiger partial charge in [0, 0.05) is 0 Å². The summed E-state index contributed by atoms with van der Waals surface area (Å²) in [5, 5.41) is 0. The maximum atomic E-state index is 12.4. The molecule has 1 aromatic carbocycles. The van der Waals surface area contributed by atoms with E-state index < -0.39 is 0 Å². The molecule has 102 valence electrons. The average molecular weight is 261 g/mol. The van der Waals surface area contributed by atoms with Gasteiger partial charge in [0.05, 0.1) is 26.1 Å². The second kappa shape index (κ2) is 5.97. The Balaban J connectivity index is 2.11. The molecule has 0 unspecified atom stereocenters. The molecule has 1 aliphatic rings. The third-order valence-corrected chi connectivity index (χ3v) is 3.83. The summed E-state index contributed by atoms with van der Waals surface area (Å²) < 4.78 is 0. The Morgan fingerprint density at radius 1 is 1.16 bits per heavy atom. The van der Waals surface area contributed by atoms with E-state index in [0.717, 1.165) is 18.7 Å². The number of hydrogen-bond donors (Lipinski definition) is 1. The molecule has 1 aromatic rings. The molecule has 1 heterocycles. The first-order valence-electron chi connectivity index (χ1n) is 6.90. The summed E-state index contributed by atoms with van der Waals surface area (Å²) >= 11 is 0. The van der Waals surface area contributed by atoms with Gasteiger partial charge in [0.2, 0.25) is 5.91 Å². The first-order chi connectivity index (χ1) is 9.17. The molecule has 4 heteroatoms. The molecule has 0 bridgehead atoms. The van der Waals surface area contributed by atoms with Crippen molar-refractivity contribution in [2.45, 2.75) is 32.9 Å². The Labute approximate surface area is 114 Å². The molecule has 1 aliphatic heterocycles. The van der Waals surface area contributed by atoms with E-state index in [0.29, 0.717) is 13.0 Å². The lowest BCUT2D eigenvalue weighted by Gasteiger charge is -2.21. The maximum Gasteiger partial charge on any atom is 0.288 e. The number of carbonyl (C=O) groups excluding carboxylic acids is 2. The quantitative estimate of drug-likeness (QED) is 0.772. The van der Waals surface area contributed by atoms with Crippen LogP contribution in [0.1, 0.15) is 25.8 Å². The molecule has 1 atom stereocenters. The first-order valence-corrected chi connectivity index (χ1v) is 6.90. The zero-order chi connectivity index (χ0) is 13.8. The summed E-state index contributed by atoms with van der Waals surface area (Å²) in [6, 6.07) is 9.48. The van der Waals surface area contributed by atoms with Gasteiger partial charge in [0.15, 0.2) is 6.04 Å². The van der Waals surface area contributed by atoms with Gasteiger partial charge in [0.25, 0.3) is 5.91 Å². The van der Waals surface area contributed by atoms with Crippen molar-refractivity contribution in [2.24, 2.45) is 0 Å². The van der Waals surface area contributed by atoms with Crippen molar-refractivity contribution >= 4 is 11.8 Å². The summed E-state index contributed by atoms with van der Waals surface area (Å²) in [7, 11) is 0. The van der Waals surface area contributed by atoms with Gasteiger partial charge in [-0.2, -0.15) is 0 Å². The van der Waals surface area contributed by atoms with Crippen LogP contribution in [0.2, 0.25) is 0 Å². The topological polar surface area (TPSA) is 41.8 Å². The molecule has 0 aromatic heterocycles. The first kappa shape index (κ1) is 13.7. The van der Waals surface area contributed by atoms with Gasteiger partial charge >= 0.3 is 0 Å². The van der Waals surface area contributed by atoms with E-state index in [1.807, 2.05) is 30.3 Å². The minimum atomic E-state index is -0.189. The predicted octanol–water partition coefficient (Wildman–Crippen LogP) is 0.239. The van der Waals surface area contributed by atoms with Crippen LogP contribution >= 0.6 is 0 Å². The second-order valence-corrected chi connectivity index (χ2v) is 4.93. The van der Waals surface area contributed by atoms with Crippen molar-refractivity contribution in [3.05, 3.63) is 35.9 Å². The summed E-state index contributed by atoms with van der Waals surface area (Å²) in [6.45, 7) is 6.25. The molecule has 1 fully saturated rings. The minimum Gasteiger partial charge on any atom is -0.325 e. The Kier molecular flexibility index (Phi) is 4.32. The van der Waals surface area contributed by atoms with Gasteiger partial charge in [-0.05, 0) is 19.4 Å². The summed E-state index contributed by atoms with van der Waals surface area (Å²) in [5.41, 5.74) is 0.999. The van der Waals surface area contributed by atoms with E-state index in [4.69, 9.17) is 0 Å². The van der Waals surface area contributed by atoms with E-state index in [1.54, 1.807) is 0 Å². The number of benzene rings is 1. The van der Waals surface area contributed by atoms with Crippen LogP contribution in [0.25, 0.3) is 0 Å². The van der Waals surface area contributed by atoms with Crippen molar-refractivity contribution in [2.75, 3.05) is 13.1 Å². The number of likely N-dealkylation sites (N-methyl/N-ethyl adjacent to an activating group) is 1. The van der Waals surface area contributed by atoms with Crippen molar-refractivity contribution in [3.8, 4) is 0 Å². The number of nitrogens with one attached hydrogen (secondary N) is 1. The van der Waals surface area contributed by atoms with Crippen LogP contribution < -0.4 is 4.90 Å². The highest BCUT2D eigenvalue weighted by Gasteiger charge is 2.43. The van der Waals surface area contributed by atoms with E-state index >= 15 is 0 Å². The lowest BCUT2D eigenvalue weighted by atomic mass is 10.2. The molecular weight excluding hydrogens is 240 g/mol. The van der Waals surface area contributed by atoms with E-state index in [-0.39, 0.29) is 17.9 Å². The standard InChI is InChI=1S/C15H20N2O2/c1-3-16(4-2)13-10-14(18)17(15(13)19)11-12-8-6-5-7-9-12/h5-9,13H,3-4,10-11H2,1-2H3/p+1/t13-/m0/s1. The van der Waals surface area contributed by atoms with Crippen LogP contribution in [0.5, 0.6) is 0 Å². The third-order valence-electron chi connectivity index (χ3n) is 3.83. The maximum absolute atomic E-state index is 12.4. The second-order valence-electron chi connectivity index (χ2n) is 4.93. The number of rotatable bonds is 5. The van der Waals surface area contributed by atoms with Crippen molar-refractivity contribution in [1.29, 1.82) is 0 Å². The zero-order valence-corrected chi connectivity index (χ0v) is 11.6. The Hall–Kier alpha value is -1.68. The molecule has 1 N–H and O–H groups in total. The van der Waals surface area contributed by atoms with Crippen LogP contribution in [-0.4, -0.2) is 35.8 Å². The normalized spacial score (nSPS) is 19.5. The van der Waals surface area contributed by atoms with E-state index in [1.165, 1.54) is 9.80 Å². The van der Waals surface area contributed by atoms with Crippen LogP contribution in [0, 0.1) is 0 Å². The fourth-order valence-corrected chi connectivity index (χ4v) is 2.68. The lowest BCUT2D eigenvalue weighted by molar-refractivity contribution is -0.911. The molecule has 0 spiro atoms. The zero-order valence-electron chi connectivity index (χ0n) is 11.6. The fraction of sp³-hybridized carbons (Fsp3) is 0.467. The highest BCUT2D eigenvalue weighted by atomic mass is 16.2. The molecule has 19 heavy (non-hydrogen) atoms. The number of quaternary nitrogens is 1. The van der Waals surface area contributed by atoms with Crippen molar-refractivity contribution < 1.29 is 14.5 Å². The van der Waals surface area contributed by atoms with Crippen LogP contribution in [0.3, 0.4) is 0 Å². The monoisotopic (exact) mass is 261 g/mol. The van der Waals surface area contributed by atoms with Crippen molar-refractivity contribution in [1.82, 2.24) is 4.90 Å². The van der Waals surface area contributed by atoms with Crippen molar-refractivity contribution in [3.63, 3.8) is 0 Å². The van der Waals surface area contributed by atoms with Gasteiger partial charge in [0.1, 0.15) is 0 Å². The smallest absolute Gasteiger partial charge is 0.288 e. The molecule has 2 rings (SSSR count). The fourth-order valence-electron chi connectivity index (χ4n) is 2.68. The number of hydrogen-bond acceptors (Lipinski definition) is 2. The van der Waals surface area contributed by atoms with Gasteiger partial charge in [-0.15, -0.1) is 0 Å². The van der Waals surface area contributed by atoms with Gasteiger partial charge in [-0.3, -0.25) is 14.5 Å². The molecule has 0 radical (unpaired) electrons. The molecule has 2 amide bonds. The van der Waals surface area contributed by atoms with Crippen LogP contribution in [0.4, 0.5) is 0 Å². The molecule has 4 nitrogen and oxygen atoms in total. The van der Waals surface area contributed by atoms with Crippen LogP contribution in [0.15, 0.2) is 30.3 Å². The predicted molar refractivity (Wildman–Crippen MR) is 72.4 cm³/mol. The van der Waals surface area contributed by atoms with Gasteiger partial charge in [-0.25, -0.2) is 0 Å². The van der Waals surface area contributed by atoms with Gasteiger partial charge in [-0.1, -0.05) is 30.3 Å². The number of likely N-dealkylation sites (tertiary alicyclic amines) is 1. The highest BCUT2D eigenvalue weighted by Crippen LogP contribution is 2.15. The SMILES string of the molecule is CC[NH+](CC)[C@H]1CC(=O)N(Cc2ccccc2)C1=O. The highest BCUT2D eigenvalue weighted by molar-refractivity contribution is 6.04. The summed E-state index contributed by atoms with van der Waals surface area (Å²) in [6.07, 6.45) is 0.350. The number of nitrogens with zero attached hydrogens (tertiary/aromatic N) is 1. The Bertz CT molecular complexity index is 454.